The van der Waals surface area contributed by atoms with Crippen molar-refractivity contribution < 1.29 is 8.78 Å². The Hall–Kier alpha value is -0.740. The van der Waals surface area contributed by atoms with Gasteiger partial charge in [-0.2, -0.15) is 0 Å². The molecule has 2 aromatic carbocycles. The van der Waals surface area contributed by atoms with Crippen LogP contribution in [0.15, 0.2) is 34.8 Å². The molecular formula is C15H12Br2F2. The molecule has 0 heterocycles. The smallest absolute Gasteiger partial charge is 0.129 e. The van der Waals surface area contributed by atoms with Gasteiger partial charge in [0.05, 0.1) is 4.83 Å². The summed E-state index contributed by atoms with van der Waals surface area (Å²) >= 11 is 6.75. The largest absolute Gasteiger partial charge is 0.207 e. The zero-order valence-corrected chi connectivity index (χ0v) is 13.6. The summed E-state index contributed by atoms with van der Waals surface area (Å²) in [6.45, 7) is 3.66. The van der Waals surface area contributed by atoms with Crippen molar-refractivity contribution >= 4 is 31.9 Å². The van der Waals surface area contributed by atoms with Gasteiger partial charge in [0.2, 0.25) is 0 Å². The summed E-state index contributed by atoms with van der Waals surface area (Å²) in [5.74, 6) is -0.561. The van der Waals surface area contributed by atoms with E-state index in [0.29, 0.717) is 10.0 Å². The summed E-state index contributed by atoms with van der Waals surface area (Å²) in [6.07, 6.45) is 0. The van der Waals surface area contributed by atoms with Crippen LogP contribution in [0.2, 0.25) is 0 Å². The third kappa shape index (κ3) is 3.06. The van der Waals surface area contributed by atoms with Crippen LogP contribution < -0.4 is 0 Å². The van der Waals surface area contributed by atoms with Gasteiger partial charge in [0.15, 0.2) is 0 Å². The van der Waals surface area contributed by atoms with Crippen LogP contribution in [0.25, 0.3) is 0 Å². The standard InChI is InChI=1S/C15H12Br2F2/c1-8-5-11(18)6-9(2)14(8)15(17)12-4-3-10(16)7-13(12)19/h3-7,15H,1-2H3. The van der Waals surface area contributed by atoms with E-state index in [-0.39, 0.29) is 16.5 Å². The lowest BCUT2D eigenvalue weighted by atomic mass is 9.95. The van der Waals surface area contributed by atoms with Crippen molar-refractivity contribution in [2.24, 2.45) is 0 Å². The second-order valence-corrected chi connectivity index (χ2v) is 6.31. The first-order valence-electron chi connectivity index (χ1n) is 5.76. The molecule has 0 nitrogen and oxygen atoms in total. The quantitative estimate of drug-likeness (QED) is 0.567. The van der Waals surface area contributed by atoms with E-state index < -0.39 is 0 Å². The van der Waals surface area contributed by atoms with Crippen LogP contribution in [0.3, 0.4) is 0 Å². The molecule has 1 atom stereocenters. The van der Waals surface area contributed by atoms with Gasteiger partial charge in [-0.3, -0.25) is 0 Å². The van der Waals surface area contributed by atoms with Crippen LogP contribution in [0.4, 0.5) is 8.78 Å². The Bertz CT molecular complexity index is 601. The summed E-state index contributed by atoms with van der Waals surface area (Å²) in [6, 6.07) is 7.88. The van der Waals surface area contributed by atoms with Crippen molar-refractivity contribution in [1.29, 1.82) is 0 Å². The summed E-state index contributed by atoms with van der Waals surface area (Å²) in [5.41, 5.74) is 3.06. The molecule has 0 saturated heterocycles. The van der Waals surface area contributed by atoms with Crippen molar-refractivity contribution in [1.82, 2.24) is 0 Å². The highest BCUT2D eigenvalue weighted by atomic mass is 79.9. The highest BCUT2D eigenvalue weighted by Crippen LogP contribution is 2.37. The molecule has 0 amide bonds. The Morgan fingerprint density at radius 3 is 2.11 bits per heavy atom. The minimum Gasteiger partial charge on any atom is -0.207 e. The van der Waals surface area contributed by atoms with Crippen LogP contribution in [-0.4, -0.2) is 0 Å². The molecule has 0 aliphatic heterocycles. The predicted molar refractivity (Wildman–Crippen MR) is 80.7 cm³/mol. The van der Waals surface area contributed by atoms with E-state index in [1.807, 2.05) is 13.8 Å². The zero-order valence-electron chi connectivity index (χ0n) is 10.5. The summed E-state index contributed by atoms with van der Waals surface area (Å²) in [5, 5.41) is 0. The third-order valence-corrected chi connectivity index (χ3v) is 4.49. The van der Waals surface area contributed by atoms with Crippen LogP contribution in [0, 0.1) is 25.5 Å². The Labute approximate surface area is 128 Å². The van der Waals surface area contributed by atoms with Gasteiger partial charge in [0.25, 0.3) is 0 Å². The molecule has 0 saturated carbocycles. The molecule has 19 heavy (non-hydrogen) atoms. The molecule has 0 N–H and O–H groups in total. The number of hydrogen-bond donors (Lipinski definition) is 0. The first-order valence-corrected chi connectivity index (χ1v) is 7.46. The lowest BCUT2D eigenvalue weighted by Crippen LogP contribution is -2.02. The van der Waals surface area contributed by atoms with Gasteiger partial charge in [0, 0.05) is 10.0 Å². The number of rotatable bonds is 2. The van der Waals surface area contributed by atoms with E-state index in [0.717, 1.165) is 16.7 Å². The molecule has 2 aromatic rings. The molecule has 0 aliphatic rings. The van der Waals surface area contributed by atoms with Gasteiger partial charge >= 0.3 is 0 Å². The molecule has 0 bridgehead atoms. The molecule has 0 fully saturated rings. The van der Waals surface area contributed by atoms with Crippen molar-refractivity contribution in [3.05, 3.63) is 68.7 Å². The number of hydrogen-bond acceptors (Lipinski definition) is 0. The van der Waals surface area contributed by atoms with E-state index in [2.05, 4.69) is 31.9 Å². The summed E-state index contributed by atoms with van der Waals surface area (Å²) in [7, 11) is 0. The fourth-order valence-electron chi connectivity index (χ4n) is 2.18. The van der Waals surface area contributed by atoms with Crippen LogP contribution >= 0.6 is 31.9 Å². The first-order chi connectivity index (χ1) is 8.90. The number of benzene rings is 2. The van der Waals surface area contributed by atoms with E-state index in [4.69, 9.17) is 0 Å². The molecule has 2 rings (SSSR count). The minimum atomic E-state index is -0.292. The monoisotopic (exact) mass is 388 g/mol. The molecule has 0 radical (unpaired) electrons. The van der Waals surface area contributed by atoms with Crippen molar-refractivity contribution in [3.8, 4) is 0 Å². The number of alkyl halides is 1. The average Bonchev–Trinajstić information content (AvgIpc) is 2.26. The molecule has 0 aliphatic carbocycles. The maximum Gasteiger partial charge on any atom is 0.129 e. The number of aryl methyl sites for hydroxylation is 2. The highest BCUT2D eigenvalue weighted by Gasteiger charge is 2.19. The highest BCUT2D eigenvalue weighted by molar-refractivity contribution is 9.10. The maximum atomic E-state index is 14.0. The number of halogens is 4. The van der Waals surface area contributed by atoms with Gasteiger partial charge in [-0.15, -0.1) is 0 Å². The van der Waals surface area contributed by atoms with Gasteiger partial charge in [-0.1, -0.05) is 37.9 Å². The third-order valence-electron chi connectivity index (χ3n) is 3.05. The average molecular weight is 390 g/mol. The molecule has 100 valence electrons. The SMILES string of the molecule is Cc1cc(F)cc(C)c1C(Br)c1ccc(Br)cc1F. The normalized spacial score (nSPS) is 12.5. The van der Waals surface area contributed by atoms with E-state index in [9.17, 15) is 8.78 Å². The molecule has 0 spiro atoms. The Balaban J connectivity index is 2.53. The van der Waals surface area contributed by atoms with E-state index in [1.54, 1.807) is 12.1 Å². The fraction of sp³-hybridized carbons (Fsp3) is 0.200. The Morgan fingerprint density at radius 1 is 1.00 bits per heavy atom. The summed E-state index contributed by atoms with van der Waals surface area (Å²) in [4.78, 5) is -0.291. The van der Waals surface area contributed by atoms with E-state index in [1.165, 1.54) is 18.2 Å². The second-order valence-electron chi connectivity index (χ2n) is 4.48. The minimum absolute atomic E-state index is 0.269. The Morgan fingerprint density at radius 2 is 1.58 bits per heavy atom. The van der Waals surface area contributed by atoms with Crippen molar-refractivity contribution in [2.45, 2.75) is 18.7 Å². The predicted octanol–water partition coefficient (Wildman–Crippen LogP) is 5.83. The molecule has 0 aromatic heterocycles. The molecular weight excluding hydrogens is 378 g/mol. The van der Waals surface area contributed by atoms with E-state index >= 15 is 0 Å². The molecule has 1 unspecified atom stereocenters. The molecule has 4 heteroatoms. The van der Waals surface area contributed by atoms with Crippen LogP contribution in [-0.2, 0) is 0 Å². The summed E-state index contributed by atoms with van der Waals surface area (Å²) < 4.78 is 28.0. The lowest BCUT2D eigenvalue weighted by molar-refractivity contribution is 0.611. The van der Waals surface area contributed by atoms with Gasteiger partial charge in [-0.05, 0) is 54.8 Å². The topological polar surface area (TPSA) is 0 Å². The van der Waals surface area contributed by atoms with Crippen molar-refractivity contribution in [2.75, 3.05) is 0 Å². The Kier molecular flexibility index (Phi) is 4.41. The second kappa shape index (κ2) is 5.71. The lowest BCUT2D eigenvalue weighted by Gasteiger charge is -2.17. The van der Waals surface area contributed by atoms with Gasteiger partial charge in [-0.25, -0.2) is 8.78 Å². The van der Waals surface area contributed by atoms with Crippen LogP contribution in [0.5, 0.6) is 0 Å². The van der Waals surface area contributed by atoms with Gasteiger partial charge in [0.1, 0.15) is 11.6 Å². The zero-order chi connectivity index (χ0) is 14.2. The maximum absolute atomic E-state index is 14.0. The van der Waals surface area contributed by atoms with Gasteiger partial charge < -0.3 is 0 Å². The van der Waals surface area contributed by atoms with Crippen molar-refractivity contribution in [3.63, 3.8) is 0 Å². The first kappa shape index (κ1) is 14.7. The van der Waals surface area contributed by atoms with Crippen LogP contribution in [0.1, 0.15) is 27.1 Å². The fourth-order valence-corrected chi connectivity index (χ4v) is 3.61.